The Bertz CT molecular complexity index is 1490. The molecule has 0 radical (unpaired) electrons. The fourth-order valence-electron chi connectivity index (χ4n) is 4.41. The molecule has 38 heavy (non-hydrogen) atoms. The molecule has 1 atom stereocenters. The quantitative estimate of drug-likeness (QED) is 0.303. The summed E-state index contributed by atoms with van der Waals surface area (Å²) in [6.07, 6.45) is 1.51. The van der Waals surface area contributed by atoms with Gasteiger partial charge in [0.05, 0.1) is 21.7 Å². The molecule has 10 nitrogen and oxygen atoms in total. The molecular formula is C25H28Cl2N4O6S. The number of carbonyl (C=O) groups excluding carboxylic acids is 1. The van der Waals surface area contributed by atoms with Crippen LogP contribution in [0.5, 0.6) is 5.75 Å². The summed E-state index contributed by atoms with van der Waals surface area (Å²) < 4.78 is 33.2. The van der Waals surface area contributed by atoms with Gasteiger partial charge in [0.25, 0.3) is 11.5 Å². The highest BCUT2D eigenvalue weighted by Gasteiger charge is 2.28. The molecule has 0 spiro atoms. The maximum atomic E-state index is 12.7. The van der Waals surface area contributed by atoms with E-state index in [-0.39, 0.29) is 38.9 Å². The van der Waals surface area contributed by atoms with E-state index in [0.717, 1.165) is 0 Å². The van der Waals surface area contributed by atoms with E-state index in [1.54, 1.807) is 24.3 Å². The van der Waals surface area contributed by atoms with Crippen LogP contribution in [0.1, 0.15) is 23.2 Å². The van der Waals surface area contributed by atoms with Gasteiger partial charge in [-0.05, 0) is 38.1 Å². The molecule has 2 heterocycles. The zero-order valence-electron chi connectivity index (χ0n) is 20.5. The number of nitrogens with zero attached hydrogens (tertiary/aromatic N) is 1. The van der Waals surface area contributed by atoms with Crippen molar-refractivity contribution >= 4 is 49.9 Å². The van der Waals surface area contributed by atoms with E-state index < -0.39 is 22.0 Å². The number of rotatable bonds is 9. The van der Waals surface area contributed by atoms with E-state index in [1.165, 1.54) is 25.4 Å². The molecule has 1 aromatic heterocycles. The first-order chi connectivity index (χ1) is 18.1. The van der Waals surface area contributed by atoms with Crippen LogP contribution in [0.3, 0.4) is 0 Å². The van der Waals surface area contributed by atoms with E-state index >= 15 is 0 Å². The van der Waals surface area contributed by atoms with Crippen LogP contribution in [0.2, 0.25) is 10.0 Å². The zero-order chi connectivity index (χ0) is 27.4. The van der Waals surface area contributed by atoms with Gasteiger partial charge in [0.15, 0.2) is 0 Å². The Labute approximate surface area is 229 Å². The number of aliphatic hydroxyl groups is 1. The molecule has 4 N–H and O–H groups in total. The number of β-amino-alcohol motifs (C(OH)–C–C–N with tert-alkyl or cyclic N) is 1. The molecule has 1 saturated heterocycles. The number of pyridine rings is 1. The van der Waals surface area contributed by atoms with Crippen LogP contribution in [-0.2, 0) is 10.0 Å². The van der Waals surface area contributed by atoms with E-state index in [4.69, 9.17) is 27.9 Å². The van der Waals surface area contributed by atoms with Gasteiger partial charge < -0.3 is 25.0 Å². The number of amides is 1. The Morgan fingerprint density at radius 2 is 1.87 bits per heavy atom. The number of H-pyrrole nitrogens is 1. The van der Waals surface area contributed by atoms with Gasteiger partial charge in [0.1, 0.15) is 16.7 Å². The number of ether oxygens (including phenoxy) is 1. The number of hydrogen-bond donors (Lipinski definition) is 4. The number of nitrogens with one attached hydrogen (secondary N) is 3. The van der Waals surface area contributed by atoms with Gasteiger partial charge >= 0.3 is 0 Å². The molecule has 1 aliphatic heterocycles. The third-order valence-electron chi connectivity index (χ3n) is 6.40. The number of piperidine rings is 1. The fraction of sp³-hybridized carbons (Fsp3) is 0.360. The lowest BCUT2D eigenvalue weighted by Gasteiger charge is -2.33. The lowest BCUT2D eigenvalue weighted by atomic mass is 10.1. The van der Waals surface area contributed by atoms with Gasteiger partial charge in [0, 0.05) is 43.1 Å². The van der Waals surface area contributed by atoms with Crippen molar-refractivity contribution < 1.29 is 23.1 Å². The number of sulfonamides is 1. The van der Waals surface area contributed by atoms with E-state index in [1.807, 2.05) is 4.90 Å². The van der Waals surface area contributed by atoms with E-state index in [9.17, 15) is 23.1 Å². The third kappa shape index (κ3) is 6.31. The minimum absolute atomic E-state index is 0.0389. The topological polar surface area (TPSA) is 141 Å². The number of likely N-dealkylation sites (tertiary alicyclic amines) is 1. The maximum absolute atomic E-state index is 12.7. The molecule has 1 unspecified atom stereocenters. The van der Waals surface area contributed by atoms with Gasteiger partial charge in [-0.1, -0.05) is 41.4 Å². The minimum atomic E-state index is -3.89. The number of aromatic nitrogens is 1. The number of aliphatic hydroxyl groups excluding tert-OH is 1. The Morgan fingerprint density at radius 3 is 2.55 bits per heavy atom. The van der Waals surface area contributed by atoms with Crippen molar-refractivity contribution in [1.29, 1.82) is 0 Å². The number of halogens is 2. The SMILES string of the molecule is CNS(=O)(=O)c1c(OC2CCN(CC(O)CNC(=O)c3c[nH]c(=O)c4ccccc34)CC2)ccc(Cl)c1Cl. The summed E-state index contributed by atoms with van der Waals surface area (Å²) in [4.78, 5) is 29.1. The average molecular weight is 583 g/mol. The summed E-state index contributed by atoms with van der Waals surface area (Å²) in [7, 11) is -2.61. The van der Waals surface area contributed by atoms with Gasteiger partial charge in [-0.25, -0.2) is 13.1 Å². The Balaban J connectivity index is 1.30. The highest BCUT2D eigenvalue weighted by Crippen LogP contribution is 2.37. The zero-order valence-corrected chi connectivity index (χ0v) is 22.9. The second-order valence-electron chi connectivity index (χ2n) is 8.95. The Kier molecular flexibility index (Phi) is 8.96. The predicted octanol–water partition coefficient (Wildman–Crippen LogP) is 2.38. The number of fused-ring (bicyclic) bond motifs is 1. The number of benzene rings is 2. The Hall–Kier alpha value is -2.67. The first-order valence-corrected chi connectivity index (χ1v) is 14.2. The second-order valence-corrected chi connectivity index (χ2v) is 11.6. The van der Waals surface area contributed by atoms with E-state index in [0.29, 0.717) is 48.8 Å². The molecule has 0 aliphatic carbocycles. The number of carbonyl (C=O) groups is 1. The lowest BCUT2D eigenvalue weighted by Crippen LogP contribution is -2.45. The largest absolute Gasteiger partial charge is 0.489 e. The van der Waals surface area contributed by atoms with Crippen LogP contribution in [0.4, 0.5) is 0 Å². The molecule has 1 aliphatic rings. The molecule has 1 amide bonds. The molecular weight excluding hydrogens is 555 g/mol. The summed E-state index contributed by atoms with van der Waals surface area (Å²) in [5, 5.41) is 14.2. The highest BCUT2D eigenvalue weighted by atomic mass is 35.5. The van der Waals surface area contributed by atoms with Crippen molar-refractivity contribution in [2.45, 2.75) is 29.9 Å². The van der Waals surface area contributed by atoms with Crippen molar-refractivity contribution in [1.82, 2.24) is 19.9 Å². The summed E-state index contributed by atoms with van der Waals surface area (Å²) in [6.45, 7) is 1.59. The second kappa shape index (κ2) is 12.0. The van der Waals surface area contributed by atoms with Crippen LogP contribution in [0, 0.1) is 0 Å². The van der Waals surface area contributed by atoms with E-state index in [2.05, 4.69) is 15.0 Å². The molecule has 13 heteroatoms. The first kappa shape index (κ1) is 28.3. The van der Waals surface area contributed by atoms with Crippen molar-refractivity contribution in [3.8, 4) is 5.75 Å². The van der Waals surface area contributed by atoms with Crippen molar-refractivity contribution in [3.05, 3.63) is 68.6 Å². The van der Waals surface area contributed by atoms with Crippen LogP contribution < -0.4 is 20.3 Å². The molecule has 0 saturated carbocycles. The smallest absolute Gasteiger partial charge is 0.255 e. The molecule has 3 aromatic rings. The summed E-state index contributed by atoms with van der Waals surface area (Å²) in [6, 6.07) is 9.81. The van der Waals surface area contributed by atoms with Crippen LogP contribution >= 0.6 is 23.2 Å². The summed E-state index contributed by atoms with van der Waals surface area (Å²) in [5.41, 5.74) is 0.0518. The average Bonchev–Trinajstić information content (AvgIpc) is 2.91. The fourth-order valence-corrected chi connectivity index (χ4v) is 6.02. The van der Waals surface area contributed by atoms with Gasteiger partial charge in [-0.3, -0.25) is 9.59 Å². The van der Waals surface area contributed by atoms with Gasteiger partial charge in [0.2, 0.25) is 10.0 Å². The molecule has 1 fully saturated rings. The number of aromatic amines is 1. The van der Waals surface area contributed by atoms with Crippen molar-refractivity contribution in [2.75, 3.05) is 33.2 Å². The Morgan fingerprint density at radius 1 is 1.18 bits per heavy atom. The molecule has 0 bridgehead atoms. The minimum Gasteiger partial charge on any atom is -0.489 e. The lowest BCUT2D eigenvalue weighted by molar-refractivity contribution is 0.0584. The monoisotopic (exact) mass is 582 g/mol. The first-order valence-electron chi connectivity index (χ1n) is 12.0. The molecule has 4 rings (SSSR count). The van der Waals surface area contributed by atoms with Crippen molar-refractivity contribution in [2.24, 2.45) is 0 Å². The van der Waals surface area contributed by atoms with Gasteiger partial charge in [-0.2, -0.15) is 0 Å². The maximum Gasteiger partial charge on any atom is 0.255 e. The van der Waals surface area contributed by atoms with Crippen LogP contribution in [-0.4, -0.2) is 74.8 Å². The highest BCUT2D eigenvalue weighted by molar-refractivity contribution is 7.89. The molecule has 2 aromatic carbocycles. The molecule has 204 valence electrons. The summed E-state index contributed by atoms with van der Waals surface area (Å²) in [5.74, 6) is -0.262. The standard InChI is InChI=1S/C25H28Cl2N4O6S/c1-28-38(35,36)23-21(7-6-20(26)22(23)27)37-16-8-10-31(11-9-16)14-15(32)12-29-25(34)19-13-30-24(33)18-5-3-2-4-17(18)19/h2-7,13,15-16,28,32H,8-12,14H2,1H3,(H,29,34)(H,30,33). The predicted molar refractivity (Wildman–Crippen MR) is 146 cm³/mol. The number of hydrogen-bond acceptors (Lipinski definition) is 7. The van der Waals surface area contributed by atoms with Gasteiger partial charge in [-0.15, -0.1) is 0 Å². The van der Waals surface area contributed by atoms with Crippen LogP contribution in [0.25, 0.3) is 10.8 Å². The summed E-state index contributed by atoms with van der Waals surface area (Å²) >= 11 is 12.2. The third-order valence-corrected chi connectivity index (χ3v) is 8.80. The normalized spacial score (nSPS) is 15.9. The van der Waals surface area contributed by atoms with Crippen molar-refractivity contribution in [3.63, 3.8) is 0 Å². The van der Waals surface area contributed by atoms with Crippen LogP contribution in [0.15, 0.2) is 52.3 Å².